The van der Waals surface area contributed by atoms with Crippen molar-refractivity contribution in [3.63, 3.8) is 0 Å². The first-order valence-electron chi connectivity index (χ1n) is 3.26. The summed E-state index contributed by atoms with van der Waals surface area (Å²) in [5.41, 5.74) is 0.167. The number of rotatable bonds is 2. The first kappa shape index (κ1) is 8.69. The van der Waals surface area contributed by atoms with Crippen LogP contribution in [0.2, 0.25) is 5.02 Å². The smallest absolute Gasteiger partial charge is 0.196 e. The van der Waals surface area contributed by atoms with E-state index in [1.54, 1.807) is 18.2 Å². The topological polar surface area (TPSA) is 53.8 Å². The highest BCUT2D eigenvalue weighted by atomic mass is 35.5. The van der Waals surface area contributed by atoms with Crippen molar-refractivity contribution in [2.75, 3.05) is 0 Å². The van der Waals surface area contributed by atoms with Gasteiger partial charge in [0.15, 0.2) is 5.78 Å². The second kappa shape index (κ2) is 3.84. The lowest BCUT2D eigenvalue weighted by Crippen LogP contribution is -2.00. The molecule has 0 radical (unpaired) electrons. The van der Waals surface area contributed by atoms with Crippen LogP contribution in [0.3, 0.4) is 0 Å². The van der Waals surface area contributed by atoms with Gasteiger partial charge in [-0.25, -0.2) is 0 Å². The predicted molar refractivity (Wildman–Crippen MR) is 43.8 cm³/mol. The third-order valence-electron chi connectivity index (χ3n) is 1.26. The summed E-state index contributed by atoms with van der Waals surface area (Å²) in [5.74, 6) is -0.344. The largest absolute Gasteiger partial charge is 0.291 e. The van der Waals surface area contributed by atoms with E-state index in [9.17, 15) is 4.79 Å². The number of halogens is 1. The Labute approximate surface area is 74.6 Å². The van der Waals surface area contributed by atoms with E-state index in [-0.39, 0.29) is 22.9 Å². The summed E-state index contributed by atoms with van der Waals surface area (Å²) in [4.78, 5) is 14.9. The molecule has 0 atom stereocenters. The number of nitrogens with zero attached hydrogens (tertiary/aromatic N) is 2. The van der Waals surface area contributed by atoms with Gasteiger partial charge in [0.25, 0.3) is 0 Å². The van der Waals surface area contributed by atoms with Crippen molar-refractivity contribution in [2.45, 2.75) is 6.42 Å². The summed E-state index contributed by atoms with van der Waals surface area (Å²) >= 11 is 5.66. The summed E-state index contributed by atoms with van der Waals surface area (Å²) in [7, 11) is 0. The molecular weight excluding hydrogens is 176 g/mol. The molecule has 0 amide bonds. The number of aromatic nitrogens is 1. The normalized spacial score (nSPS) is 9.00. The Morgan fingerprint density at radius 3 is 3.08 bits per heavy atom. The fourth-order valence-electron chi connectivity index (χ4n) is 0.746. The van der Waals surface area contributed by atoms with Crippen LogP contribution in [0.15, 0.2) is 18.3 Å². The molecule has 12 heavy (non-hydrogen) atoms. The minimum atomic E-state index is -0.344. The van der Waals surface area contributed by atoms with Crippen LogP contribution in [0, 0.1) is 11.3 Å². The van der Waals surface area contributed by atoms with E-state index >= 15 is 0 Å². The average molecular weight is 181 g/mol. The molecule has 0 aromatic carbocycles. The lowest BCUT2D eigenvalue weighted by Gasteiger charge is -1.96. The first-order valence-corrected chi connectivity index (χ1v) is 3.64. The molecule has 0 saturated heterocycles. The van der Waals surface area contributed by atoms with Gasteiger partial charge in [-0.3, -0.25) is 9.78 Å². The minimum Gasteiger partial charge on any atom is -0.291 e. The van der Waals surface area contributed by atoms with E-state index in [0.29, 0.717) is 0 Å². The molecule has 0 aliphatic heterocycles. The lowest BCUT2D eigenvalue weighted by atomic mass is 10.2. The van der Waals surface area contributed by atoms with E-state index in [0.717, 1.165) is 0 Å². The van der Waals surface area contributed by atoms with Crippen LogP contribution in [0.4, 0.5) is 0 Å². The summed E-state index contributed by atoms with van der Waals surface area (Å²) in [6.07, 6.45) is 1.28. The van der Waals surface area contributed by atoms with E-state index < -0.39 is 0 Å². The Morgan fingerprint density at radius 1 is 1.75 bits per heavy atom. The number of Topliss-reactive ketones (excluding diaryl/α,β-unsaturated/α-hetero) is 1. The first-order chi connectivity index (χ1) is 5.75. The van der Waals surface area contributed by atoms with Gasteiger partial charge in [-0.15, -0.1) is 0 Å². The van der Waals surface area contributed by atoms with Gasteiger partial charge in [0.05, 0.1) is 11.1 Å². The van der Waals surface area contributed by atoms with Crippen LogP contribution in [0.1, 0.15) is 16.9 Å². The zero-order chi connectivity index (χ0) is 8.97. The van der Waals surface area contributed by atoms with Crippen LogP contribution < -0.4 is 0 Å². The number of carbonyl (C=O) groups is 1. The standard InChI is InChI=1S/C8H5ClN2O/c9-6-2-1-5-11-8(6)7(12)3-4-10/h1-2,5H,3H2. The van der Waals surface area contributed by atoms with Gasteiger partial charge in [-0.1, -0.05) is 11.6 Å². The van der Waals surface area contributed by atoms with E-state index in [1.165, 1.54) is 6.20 Å². The summed E-state index contributed by atoms with van der Waals surface area (Å²) in [6.45, 7) is 0. The molecule has 3 nitrogen and oxygen atoms in total. The Bertz CT molecular complexity index is 343. The maximum Gasteiger partial charge on any atom is 0.196 e. The molecule has 1 rings (SSSR count). The molecule has 1 heterocycles. The van der Waals surface area contributed by atoms with Gasteiger partial charge < -0.3 is 0 Å². The highest BCUT2D eigenvalue weighted by molar-refractivity contribution is 6.33. The number of pyridine rings is 1. The Kier molecular flexibility index (Phi) is 2.78. The van der Waals surface area contributed by atoms with Crippen LogP contribution >= 0.6 is 11.6 Å². The molecule has 60 valence electrons. The van der Waals surface area contributed by atoms with Crippen molar-refractivity contribution in [3.8, 4) is 6.07 Å². The molecule has 1 aromatic heterocycles. The third-order valence-corrected chi connectivity index (χ3v) is 1.57. The van der Waals surface area contributed by atoms with Crippen molar-refractivity contribution < 1.29 is 4.79 Å². The van der Waals surface area contributed by atoms with E-state index in [2.05, 4.69) is 4.98 Å². The average Bonchev–Trinajstić information content (AvgIpc) is 2.05. The van der Waals surface area contributed by atoms with Gasteiger partial charge >= 0.3 is 0 Å². The minimum absolute atomic E-state index is 0.167. The van der Waals surface area contributed by atoms with E-state index in [4.69, 9.17) is 16.9 Å². The van der Waals surface area contributed by atoms with E-state index in [1.807, 2.05) is 0 Å². The van der Waals surface area contributed by atoms with Crippen molar-refractivity contribution in [2.24, 2.45) is 0 Å². The predicted octanol–water partition coefficient (Wildman–Crippen LogP) is 1.83. The molecule has 0 aliphatic rings. The fourth-order valence-corrected chi connectivity index (χ4v) is 0.973. The lowest BCUT2D eigenvalue weighted by molar-refractivity contribution is 0.0993. The molecule has 0 saturated carbocycles. The Hall–Kier alpha value is -1.40. The van der Waals surface area contributed by atoms with Crippen molar-refractivity contribution in [3.05, 3.63) is 29.0 Å². The van der Waals surface area contributed by atoms with Crippen LogP contribution in [-0.2, 0) is 0 Å². The number of nitriles is 1. The summed E-state index contributed by atoms with van der Waals surface area (Å²) in [5, 5.41) is 8.54. The summed E-state index contributed by atoms with van der Waals surface area (Å²) in [6, 6.07) is 4.94. The second-order valence-electron chi connectivity index (χ2n) is 2.09. The van der Waals surface area contributed by atoms with Crippen molar-refractivity contribution >= 4 is 17.4 Å². The van der Waals surface area contributed by atoms with Gasteiger partial charge in [-0.2, -0.15) is 5.26 Å². The zero-order valence-corrected chi connectivity index (χ0v) is 6.88. The number of hydrogen-bond donors (Lipinski definition) is 0. The molecule has 0 unspecified atom stereocenters. The zero-order valence-electron chi connectivity index (χ0n) is 6.12. The van der Waals surface area contributed by atoms with Crippen LogP contribution in [0.5, 0.6) is 0 Å². The quantitative estimate of drug-likeness (QED) is 0.653. The molecule has 0 N–H and O–H groups in total. The number of hydrogen-bond acceptors (Lipinski definition) is 3. The molecule has 0 fully saturated rings. The monoisotopic (exact) mass is 180 g/mol. The maximum atomic E-state index is 11.1. The second-order valence-corrected chi connectivity index (χ2v) is 2.50. The van der Waals surface area contributed by atoms with Gasteiger partial charge in [0, 0.05) is 6.20 Å². The maximum absolute atomic E-state index is 11.1. The highest BCUT2D eigenvalue weighted by Crippen LogP contribution is 2.13. The van der Waals surface area contributed by atoms with Gasteiger partial charge in [0.1, 0.15) is 12.1 Å². The molecular formula is C8H5ClN2O. The number of carbonyl (C=O) groups excluding carboxylic acids is 1. The third kappa shape index (κ3) is 1.80. The van der Waals surface area contributed by atoms with Crippen LogP contribution in [-0.4, -0.2) is 10.8 Å². The van der Waals surface area contributed by atoms with Crippen LogP contribution in [0.25, 0.3) is 0 Å². The van der Waals surface area contributed by atoms with Crippen molar-refractivity contribution in [1.29, 1.82) is 5.26 Å². The van der Waals surface area contributed by atoms with Gasteiger partial charge in [-0.05, 0) is 12.1 Å². The Morgan fingerprint density at radius 2 is 2.50 bits per heavy atom. The van der Waals surface area contributed by atoms with Gasteiger partial charge in [0.2, 0.25) is 0 Å². The molecule has 0 aliphatic carbocycles. The fraction of sp³-hybridized carbons (Fsp3) is 0.125. The summed E-state index contributed by atoms with van der Waals surface area (Å²) < 4.78 is 0. The molecule has 0 spiro atoms. The molecule has 1 aromatic rings. The Balaban J connectivity index is 2.97. The molecule has 0 bridgehead atoms. The highest BCUT2D eigenvalue weighted by Gasteiger charge is 2.09. The number of ketones is 1. The molecule has 4 heteroatoms. The van der Waals surface area contributed by atoms with Crippen molar-refractivity contribution in [1.82, 2.24) is 4.98 Å². The SMILES string of the molecule is N#CCC(=O)c1ncccc1Cl.